The number of benzene rings is 2. The second-order valence-electron chi connectivity index (χ2n) is 5.63. The van der Waals surface area contributed by atoms with Gasteiger partial charge in [0.2, 0.25) is 0 Å². The van der Waals surface area contributed by atoms with Crippen LogP contribution in [-0.4, -0.2) is 42.5 Å². The fraction of sp³-hybridized carbons (Fsp3) is 0.278. The van der Waals surface area contributed by atoms with Crippen molar-refractivity contribution in [3.63, 3.8) is 0 Å². The third kappa shape index (κ3) is 5.63. The number of nitrogens with zero attached hydrogens (tertiary/aromatic N) is 2. The van der Waals surface area contributed by atoms with Crippen LogP contribution < -0.4 is 9.47 Å². The lowest BCUT2D eigenvalue weighted by Gasteiger charge is -2.18. The van der Waals surface area contributed by atoms with Crippen molar-refractivity contribution >= 4 is 23.2 Å². The van der Waals surface area contributed by atoms with E-state index in [0.29, 0.717) is 23.9 Å². The van der Waals surface area contributed by atoms with Gasteiger partial charge in [0.15, 0.2) is 12.4 Å². The lowest BCUT2D eigenvalue weighted by atomic mass is 10.2. The molecule has 0 saturated heterocycles. The lowest BCUT2D eigenvalue weighted by Crippen LogP contribution is -2.34. The number of carbonyl (C=O) groups is 1. The van der Waals surface area contributed by atoms with Crippen LogP contribution in [0.2, 0.25) is 5.02 Å². The Morgan fingerprint density at radius 2 is 1.88 bits per heavy atom. The number of hydrogen-bond acceptors (Lipinski definition) is 5. The van der Waals surface area contributed by atoms with E-state index in [0.717, 1.165) is 5.56 Å². The topological polar surface area (TPSA) is 81.9 Å². The molecule has 2 aromatic rings. The van der Waals surface area contributed by atoms with Crippen LogP contribution in [0.4, 0.5) is 5.69 Å². The molecule has 0 saturated carbocycles. The number of nitro benzene ring substituents is 1. The van der Waals surface area contributed by atoms with Gasteiger partial charge in [-0.25, -0.2) is 0 Å². The van der Waals surface area contributed by atoms with Crippen LogP contribution in [0, 0.1) is 17.0 Å². The molecule has 2 aromatic carbocycles. The smallest absolute Gasteiger partial charge is 0.310 e. The van der Waals surface area contributed by atoms with Gasteiger partial charge in [-0.05, 0) is 42.8 Å². The van der Waals surface area contributed by atoms with E-state index >= 15 is 0 Å². The van der Waals surface area contributed by atoms with Crippen LogP contribution in [0.25, 0.3) is 0 Å². The zero-order valence-corrected chi connectivity index (χ0v) is 15.2. The van der Waals surface area contributed by atoms with E-state index in [4.69, 9.17) is 21.1 Å². The summed E-state index contributed by atoms with van der Waals surface area (Å²) in [6.45, 7) is 2.15. The summed E-state index contributed by atoms with van der Waals surface area (Å²) in [7, 11) is 1.61. The summed E-state index contributed by atoms with van der Waals surface area (Å²) in [4.78, 5) is 24.0. The van der Waals surface area contributed by atoms with Gasteiger partial charge in [-0.3, -0.25) is 14.9 Å². The number of hydrogen-bond donors (Lipinski definition) is 0. The Morgan fingerprint density at radius 3 is 2.54 bits per heavy atom. The molecule has 0 spiro atoms. The maximum Gasteiger partial charge on any atom is 0.310 e. The summed E-state index contributed by atoms with van der Waals surface area (Å²) in [5.74, 6) is 0.427. The Morgan fingerprint density at radius 1 is 1.19 bits per heavy atom. The van der Waals surface area contributed by atoms with Crippen LogP contribution in [0.5, 0.6) is 11.5 Å². The van der Waals surface area contributed by atoms with Gasteiger partial charge in [-0.1, -0.05) is 17.7 Å². The minimum absolute atomic E-state index is 0.0779. The molecule has 0 N–H and O–H groups in total. The quantitative estimate of drug-likeness (QED) is 0.519. The lowest BCUT2D eigenvalue weighted by molar-refractivity contribution is -0.385. The van der Waals surface area contributed by atoms with E-state index in [2.05, 4.69) is 0 Å². The Bertz CT molecular complexity index is 780. The maximum atomic E-state index is 12.1. The molecule has 1 amide bonds. The molecule has 0 bridgehead atoms. The number of likely N-dealkylation sites (N-methyl/N-ethyl adjacent to an activating group) is 1. The third-order valence-electron chi connectivity index (χ3n) is 3.60. The van der Waals surface area contributed by atoms with E-state index in [-0.39, 0.29) is 24.0 Å². The highest BCUT2D eigenvalue weighted by molar-refractivity contribution is 6.30. The highest BCUT2D eigenvalue weighted by atomic mass is 35.5. The molecule has 0 aliphatic rings. The molecule has 26 heavy (non-hydrogen) atoms. The SMILES string of the molecule is Cc1ccc([N+](=O)[O-])c(OCC(=O)N(C)CCOc2ccc(Cl)cc2)c1. The predicted octanol–water partition coefficient (Wildman–Crippen LogP) is 3.47. The van der Waals surface area contributed by atoms with Crippen molar-refractivity contribution in [3.8, 4) is 11.5 Å². The highest BCUT2D eigenvalue weighted by Crippen LogP contribution is 2.27. The van der Waals surface area contributed by atoms with Crippen LogP contribution in [0.3, 0.4) is 0 Å². The van der Waals surface area contributed by atoms with Crippen molar-refractivity contribution < 1.29 is 19.2 Å². The molecule has 0 fully saturated rings. The first kappa shape index (κ1) is 19.5. The molecule has 0 aromatic heterocycles. The summed E-state index contributed by atoms with van der Waals surface area (Å²) in [6.07, 6.45) is 0. The van der Waals surface area contributed by atoms with E-state index < -0.39 is 4.92 Å². The Kier molecular flexibility index (Phi) is 6.80. The Hall–Kier alpha value is -2.80. The monoisotopic (exact) mass is 378 g/mol. The summed E-state index contributed by atoms with van der Waals surface area (Å²) in [5.41, 5.74) is 0.639. The number of carbonyl (C=O) groups excluding carboxylic acids is 1. The van der Waals surface area contributed by atoms with Gasteiger partial charge in [0.05, 0.1) is 11.5 Å². The fourth-order valence-corrected chi connectivity index (χ4v) is 2.22. The molecular formula is C18H19ClN2O5. The second kappa shape index (κ2) is 9.05. The van der Waals surface area contributed by atoms with Gasteiger partial charge in [0.25, 0.3) is 5.91 Å². The van der Waals surface area contributed by atoms with Crippen molar-refractivity contribution in [1.29, 1.82) is 0 Å². The summed E-state index contributed by atoms with van der Waals surface area (Å²) < 4.78 is 10.9. The molecule has 0 heterocycles. The predicted molar refractivity (Wildman–Crippen MR) is 97.9 cm³/mol. The van der Waals surface area contributed by atoms with E-state index in [1.54, 1.807) is 44.3 Å². The van der Waals surface area contributed by atoms with Gasteiger partial charge in [-0.15, -0.1) is 0 Å². The number of halogens is 1. The van der Waals surface area contributed by atoms with Gasteiger partial charge in [-0.2, -0.15) is 0 Å². The molecular weight excluding hydrogens is 360 g/mol. The minimum atomic E-state index is -0.539. The number of rotatable bonds is 8. The molecule has 0 radical (unpaired) electrons. The van der Waals surface area contributed by atoms with Crippen LogP contribution in [-0.2, 0) is 4.79 Å². The number of aryl methyl sites for hydroxylation is 1. The molecule has 7 nitrogen and oxygen atoms in total. The zero-order valence-electron chi connectivity index (χ0n) is 14.5. The van der Waals surface area contributed by atoms with Crippen molar-refractivity contribution in [2.75, 3.05) is 26.8 Å². The summed E-state index contributed by atoms with van der Waals surface area (Å²) in [5, 5.41) is 11.6. The van der Waals surface area contributed by atoms with E-state index in [1.165, 1.54) is 17.0 Å². The van der Waals surface area contributed by atoms with E-state index in [1.807, 2.05) is 0 Å². The number of ether oxygens (including phenoxy) is 2. The molecule has 2 rings (SSSR count). The van der Waals surface area contributed by atoms with E-state index in [9.17, 15) is 14.9 Å². The summed E-state index contributed by atoms with van der Waals surface area (Å²) in [6, 6.07) is 11.4. The average Bonchev–Trinajstić information content (AvgIpc) is 2.61. The standard InChI is InChI=1S/C18H19ClN2O5/c1-13-3-8-16(21(23)24)17(11-13)26-12-18(22)20(2)9-10-25-15-6-4-14(19)5-7-15/h3-8,11H,9-10,12H2,1-2H3. The van der Waals surface area contributed by atoms with Crippen molar-refractivity contribution in [2.24, 2.45) is 0 Å². The maximum absolute atomic E-state index is 12.1. The first-order valence-corrected chi connectivity index (χ1v) is 8.25. The fourth-order valence-electron chi connectivity index (χ4n) is 2.09. The number of amides is 1. The molecule has 138 valence electrons. The summed E-state index contributed by atoms with van der Waals surface area (Å²) >= 11 is 5.80. The van der Waals surface area contributed by atoms with Gasteiger partial charge >= 0.3 is 5.69 Å². The van der Waals surface area contributed by atoms with Gasteiger partial charge in [0.1, 0.15) is 12.4 Å². The van der Waals surface area contributed by atoms with Crippen molar-refractivity contribution in [3.05, 3.63) is 63.2 Å². The molecule has 0 aliphatic carbocycles. The Labute approximate surface area is 156 Å². The average molecular weight is 379 g/mol. The largest absolute Gasteiger partial charge is 0.492 e. The zero-order chi connectivity index (χ0) is 19.1. The van der Waals surface area contributed by atoms with Crippen LogP contribution >= 0.6 is 11.6 Å². The molecule has 0 unspecified atom stereocenters. The second-order valence-corrected chi connectivity index (χ2v) is 6.07. The Balaban J connectivity index is 1.83. The molecule has 0 aliphatic heterocycles. The molecule has 8 heteroatoms. The highest BCUT2D eigenvalue weighted by Gasteiger charge is 2.17. The third-order valence-corrected chi connectivity index (χ3v) is 3.85. The van der Waals surface area contributed by atoms with Gasteiger partial charge in [0, 0.05) is 18.1 Å². The van der Waals surface area contributed by atoms with Crippen LogP contribution in [0.15, 0.2) is 42.5 Å². The van der Waals surface area contributed by atoms with Crippen LogP contribution in [0.1, 0.15) is 5.56 Å². The first-order valence-electron chi connectivity index (χ1n) is 7.87. The first-order chi connectivity index (χ1) is 12.4. The normalized spacial score (nSPS) is 10.3. The van der Waals surface area contributed by atoms with Gasteiger partial charge < -0.3 is 14.4 Å². The number of nitro groups is 1. The van der Waals surface area contributed by atoms with Crippen molar-refractivity contribution in [1.82, 2.24) is 4.90 Å². The molecule has 0 atom stereocenters. The van der Waals surface area contributed by atoms with Crippen molar-refractivity contribution in [2.45, 2.75) is 6.92 Å². The minimum Gasteiger partial charge on any atom is -0.492 e.